The van der Waals surface area contributed by atoms with Gasteiger partial charge < -0.3 is 9.84 Å². The van der Waals surface area contributed by atoms with Crippen LogP contribution in [0.15, 0.2) is 6.07 Å². The van der Waals surface area contributed by atoms with E-state index in [-0.39, 0.29) is 19.4 Å². The summed E-state index contributed by atoms with van der Waals surface area (Å²) >= 11 is 4.70. The highest BCUT2D eigenvalue weighted by molar-refractivity contribution is 9.14. The fraction of sp³-hybridized carbons (Fsp3) is 0.273. The van der Waals surface area contributed by atoms with Crippen LogP contribution in [0.5, 0.6) is 0 Å². The molecule has 17 heavy (non-hydrogen) atoms. The van der Waals surface area contributed by atoms with Crippen LogP contribution in [0.3, 0.4) is 0 Å². The molecule has 0 bridgehead atoms. The zero-order valence-electron chi connectivity index (χ0n) is 8.94. The molecule has 0 amide bonds. The van der Waals surface area contributed by atoms with Gasteiger partial charge in [0.25, 0.3) is 0 Å². The van der Waals surface area contributed by atoms with Crippen LogP contribution < -0.4 is 9.06 Å². The topological polar surface area (TPSA) is 63.6 Å². The Morgan fingerprint density at radius 3 is 2.76 bits per heavy atom. The third-order valence-electron chi connectivity index (χ3n) is 1.95. The number of aliphatic carboxylic acids is 1. The van der Waals surface area contributed by atoms with Crippen LogP contribution in [0, 0.1) is 0 Å². The highest BCUT2D eigenvalue weighted by Crippen LogP contribution is 1.99. The molecule has 0 aliphatic heterocycles. The number of hydrogen-bond acceptors (Lipinski definition) is 4. The molecule has 1 rings (SSSR count). The molecule has 1 aromatic heterocycles. The van der Waals surface area contributed by atoms with Crippen LogP contribution in [0.4, 0.5) is 0 Å². The maximum absolute atomic E-state index is 11.2. The molecular formula is C11H11BrO4S. The van der Waals surface area contributed by atoms with Gasteiger partial charge in [0.05, 0.1) is 12.8 Å². The smallest absolute Gasteiger partial charge is 0.306 e. The molecule has 0 atom stereocenters. The van der Waals surface area contributed by atoms with Crippen molar-refractivity contribution in [3.8, 4) is 0 Å². The summed E-state index contributed by atoms with van der Waals surface area (Å²) in [6.07, 6.45) is -0.316. The van der Waals surface area contributed by atoms with Crippen LogP contribution in [0.25, 0.3) is 11.6 Å². The molecule has 0 aliphatic rings. The number of ether oxygens (including phenoxy) is 1. The van der Waals surface area contributed by atoms with Crippen molar-refractivity contribution in [3.05, 3.63) is 20.7 Å². The van der Waals surface area contributed by atoms with Crippen LogP contribution in [-0.4, -0.2) is 17.0 Å². The van der Waals surface area contributed by atoms with Crippen molar-refractivity contribution in [2.24, 2.45) is 0 Å². The van der Waals surface area contributed by atoms with E-state index in [4.69, 9.17) is 9.84 Å². The largest absolute Gasteiger partial charge is 0.481 e. The number of carbonyl (C=O) groups excluding carboxylic acids is 1. The molecule has 0 fully saturated rings. The van der Waals surface area contributed by atoms with Crippen LogP contribution in [0.2, 0.25) is 0 Å². The lowest BCUT2D eigenvalue weighted by atomic mass is 10.3. The van der Waals surface area contributed by atoms with E-state index in [1.54, 1.807) is 4.99 Å². The van der Waals surface area contributed by atoms with Gasteiger partial charge in [0, 0.05) is 14.6 Å². The van der Waals surface area contributed by atoms with E-state index in [0.717, 1.165) is 14.6 Å². The second kappa shape index (κ2) is 6.56. The molecule has 0 unspecified atom stereocenters. The van der Waals surface area contributed by atoms with Gasteiger partial charge >= 0.3 is 11.9 Å². The molecule has 0 radical (unpaired) electrons. The molecule has 0 saturated carbocycles. The summed E-state index contributed by atoms with van der Waals surface area (Å²) in [7, 11) is 0. The van der Waals surface area contributed by atoms with Gasteiger partial charge in [-0.2, -0.15) is 0 Å². The molecule has 0 spiro atoms. The summed E-state index contributed by atoms with van der Waals surface area (Å²) < 4.78 is 6.78. The zero-order valence-corrected chi connectivity index (χ0v) is 11.3. The average molecular weight is 319 g/mol. The minimum Gasteiger partial charge on any atom is -0.481 e. The number of thiophene rings is 1. The second-order valence-electron chi connectivity index (χ2n) is 3.26. The number of halogens is 1. The van der Waals surface area contributed by atoms with Gasteiger partial charge in [-0.15, -0.1) is 11.3 Å². The van der Waals surface area contributed by atoms with Gasteiger partial charge in [-0.3, -0.25) is 9.59 Å². The van der Waals surface area contributed by atoms with Crippen molar-refractivity contribution in [2.45, 2.75) is 19.4 Å². The lowest BCUT2D eigenvalue weighted by Crippen LogP contribution is -2.09. The summed E-state index contributed by atoms with van der Waals surface area (Å²) in [5.41, 5.74) is 0.837. The van der Waals surface area contributed by atoms with Gasteiger partial charge in [0.1, 0.15) is 6.61 Å². The molecule has 1 heterocycles. The quantitative estimate of drug-likeness (QED) is 0.829. The molecule has 1 aromatic rings. The van der Waals surface area contributed by atoms with E-state index in [2.05, 4.69) is 22.5 Å². The Kier molecular flexibility index (Phi) is 5.37. The first-order valence-electron chi connectivity index (χ1n) is 4.78. The van der Waals surface area contributed by atoms with Crippen molar-refractivity contribution >= 4 is 50.8 Å². The highest BCUT2D eigenvalue weighted by Gasteiger charge is 2.07. The first-order chi connectivity index (χ1) is 8.02. The predicted molar refractivity (Wildman–Crippen MR) is 69.1 cm³/mol. The lowest BCUT2D eigenvalue weighted by Gasteiger charge is -2.01. The monoisotopic (exact) mass is 318 g/mol. The van der Waals surface area contributed by atoms with Gasteiger partial charge in [-0.05, 0) is 11.1 Å². The summed E-state index contributed by atoms with van der Waals surface area (Å²) in [5.74, 6) is -1.52. The van der Waals surface area contributed by atoms with E-state index >= 15 is 0 Å². The van der Waals surface area contributed by atoms with Crippen LogP contribution in [0.1, 0.15) is 18.4 Å². The van der Waals surface area contributed by atoms with Crippen molar-refractivity contribution < 1.29 is 19.4 Å². The standard InChI is InChI=1S/C11H11BrO4S/c1-7-8(4-9(5-12)17-7)6-16-11(15)3-2-10(13)14/h4-5H,1-3,6H2,(H,13,14)/b9-5-. The number of carboxylic acids is 1. The number of carbonyl (C=O) groups is 2. The SMILES string of the molecule is C=c1s/c(=C\Br)cc1COC(=O)CCC(=O)O. The molecule has 92 valence electrons. The summed E-state index contributed by atoms with van der Waals surface area (Å²) in [5, 5.41) is 8.40. The van der Waals surface area contributed by atoms with Crippen molar-refractivity contribution in [2.75, 3.05) is 0 Å². The van der Waals surface area contributed by atoms with Crippen molar-refractivity contribution in [1.29, 1.82) is 0 Å². The Labute approximate surface area is 110 Å². The molecule has 6 heteroatoms. The second-order valence-corrected chi connectivity index (χ2v) is 4.89. The third kappa shape index (κ3) is 4.70. The Morgan fingerprint density at radius 1 is 1.53 bits per heavy atom. The first kappa shape index (κ1) is 13.9. The summed E-state index contributed by atoms with van der Waals surface area (Å²) in [6.45, 7) is 3.97. The van der Waals surface area contributed by atoms with E-state index < -0.39 is 11.9 Å². The number of rotatable bonds is 5. The Hall–Kier alpha value is -1.14. The molecular weight excluding hydrogens is 308 g/mol. The van der Waals surface area contributed by atoms with E-state index in [9.17, 15) is 9.59 Å². The zero-order chi connectivity index (χ0) is 12.8. The predicted octanol–water partition coefficient (Wildman–Crippen LogP) is 1.20. The third-order valence-corrected chi connectivity index (χ3v) is 3.73. The van der Waals surface area contributed by atoms with Crippen molar-refractivity contribution in [3.63, 3.8) is 0 Å². The minimum absolute atomic E-state index is 0.108. The van der Waals surface area contributed by atoms with Gasteiger partial charge in [-0.25, -0.2) is 0 Å². The lowest BCUT2D eigenvalue weighted by molar-refractivity contribution is -0.148. The van der Waals surface area contributed by atoms with Crippen LogP contribution >= 0.6 is 27.3 Å². The highest BCUT2D eigenvalue weighted by atomic mass is 79.9. The van der Waals surface area contributed by atoms with Gasteiger partial charge in [0.15, 0.2) is 0 Å². The van der Waals surface area contributed by atoms with Crippen LogP contribution in [-0.2, 0) is 20.9 Å². The molecule has 0 aromatic carbocycles. The summed E-state index contributed by atoms with van der Waals surface area (Å²) in [6, 6.07) is 1.87. The average Bonchev–Trinajstić information content (AvgIpc) is 2.64. The summed E-state index contributed by atoms with van der Waals surface area (Å²) in [4.78, 5) is 23.2. The Balaban J connectivity index is 2.50. The van der Waals surface area contributed by atoms with Crippen molar-refractivity contribution in [1.82, 2.24) is 0 Å². The van der Waals surface area contributed by atoms with Gasteiger partial charge in [-0.1, -0.05) is 22.5 Å². The Morgan fingerprint density at radius 2 is 2.24 bits per heavy atom. The maximum atomic E-state index is 11.2. The number of esters is 1. The number of carboxylic acid groups (broad SMARTS) is 1. The maximum Gasteiger partial charge on any atom is 0.306 e. The molecule has 4 nitrogen and oxygen atoms in total. The minimum atomic E-state index is -1.01. The molecule has 0 saturated heterocycles. The van der Waals surface area contributed by atoms with E-state index in [1.165, 1.54) is 11.3 Å². The molecule has 0 aliphatic carbocycles. The number of hydrogen-bond donors (Lipinski definition) is 1. The normalized spacial score (nSPS) is 11.5. The fourth-order valence-electron chi connectivity index (χ4n) is 1.10. The first-order valence-corrected chi connectivity index (χ1v) is 6.51. The fourth-order valence-corrected chi connectivity index (χ4v) is 2.30. The van der Waals surface area contributed by atoms with Gasteiger partial charge in [0.2, 0.25) is 0 Å². The van der Waals surface area contributed by atoms with E-state index in [0.29, 0.717) is 0 Å². The molecule has 1 N–H and O–H groups in total. The Bertz CT molecular complexity index is 520. The van der Waals surface area contributed by atoms with E-state index in [1.807, 2.05) is 6.07 Å².